The van der Waals surface area contributed by atoms with Crippen LogP contribution in [0.25, 0.3) is 11.0 Å². The number of amides is 1. The third-order valence-corrected chi connectivity index (χ3v) is 6.40. The first-order valence-corrected chi connectivity index (χ1v) is 13.0. The average Bonchev–Trinajstić information content (AvgIpc) is 3.17. The highest BCUT2D eigenvalue weighted by Crippen LogP contribution is 2.19. The molecule has 1 N–H and O–H groups in total. The molecular formula is C28H38ClN3O. The van der Waals surface area contributed by atoms with E-state index in [-0.39, 0.29) is 5.91 Å². The van der Waals surface area contributed by atoms with E-state index < -0.39 is 0 Å². The van der Waals surface area contributed by atoms with E-state index in [1.165, 1.54) is 49.9 Å². The average molecular weight is 468 g/mol. The van der Waals surface area contributed by atoms with Gasteiger partial charge in [-0.3, -0.25) is 4.79 Å². The minimum Gasteiger partial charge on any atom is -0.356 e. The lowest BCUT2D eigenvalue weighted by Gasteiger charge is -2.10. The van der Waals surface area contributed by atoms with Gasteiger partial charge in [0, 0.05) is 24.5 Å². The number of hydrogen-bond acceptors (Lipinski definition) is 2. The van der Waals surface area contributed by atoms with Gasteiger partial charge in [-0.05, 0) is 49.1 Å². The van der Waals surface area contributed by atoms with Crippen molar-refractivity contribution in [3.8, 4) is 0 Å². The molecule has 0 fully saturated rings. The fourth-order valence-electron chi connectivity index (χ4n) is 4.28. The van der Waals surface area contributed by atoms with Gasteiger partial charge < -0.3 is 9.88 Å². The fourth-order valence-corrected chi connectivity index (χ4v) is 4.40. The molecule has 1 heterocycles. The zero-order chi connectivity index (χ0) is 23.3. The number of aromatic nitrogens is 2. The molecule has 0 saturated carbocycles. The van der Waals surface area contributed by atoms with Gasteiger partial charge in [-0.2, -0.15) is 0 Å². The molecule has 4 nitrogen and oxygen atoms in total. The highest BCUT2D eigenvalue weighted by molar-refractivity contribution is 6.30. The van der Waals surface area contributed by atoms with Crippen LogP contribution in [0.3, 0.4) is 0 Å². The zero-order valence-electron chi connectivity index (χ0n) is 20.0. The molecule has 0 aliphatic heterocycles. The van der Waals surface area contributed by atoms with Gasteiger partial charge >= 0.3 is 0 Å². The number of carbonyl (C=O) groups is 1. The highest BCUT2D eigenvalue weighted by atomic mass is 35.5. The first-order valence-electron chi connectivity index (χ1n) is 12.6. The van der Waals surface area contributed by atoms with Crippen LogP contribution in [0.5, 0.6) is 0 Å². The van der Waals surface area contributed by atoms with Gasteiger partial charge in [-0.1, -0.05) is 81.3 Å². The Morgan fingerprint density at radius 3 is 2.45 bits per heavy atom. The summed E-state index contributed by atoms with van der Waals surface area (Å²) < 4.78 is 2.43. The van der Waals surface area contributed by atoms with Crippen molar-refractivity contribution in [2.45, 2.75) is 84.1 Å². The minimum atomic E-state index is 0.0676. The summed E-state index contributed by atoms with van der Waals surface area (Å²) in [6, 6.07) is 15.9. The lowest BCUT2D eigenvalue weighted by atomic mass is 10.1. The molecular weight excluding hydrogens is 430 g/mol. The summed E-state index contributed by atoms with van der Waals surface area (Å²) in [4.78, 5) is 17.0. The van der Waals surface area contributed by atoms with Gasteiger partial charge in [0.15, 0.2) is 0 Å². The number of rotatable bonds is 15. The normalized spacial score (nSPS) is 11.2. The Kier molecular flexibility index (Phi) is 10.8. The van der Waals surface area contributed by atoms with E-state index in [1.54, 1.807) is 0 Å². The molecule has 0 saturated heterocycles. The third kappa shape index (κ3) is 8.51. The van der Waals surface area contributed by atoms with Gasteiger partial charge in [0.1, 0.15) is 5.82 Å². The lowest BCUT2D eigenvalue weighted by Crippen LogP contribution is -2.26. The first-order chi connectivity index (χ1) is 16.2. The predicted molar refractivity (Wildman–Crippen MR) is 139 cm³/mol. The van der Waals surface area contributed by atoms with E-state index in [2.05, 4.69) is 41.1 Å². The molecule has 0 aliphatic rings. The second-order valence-electron chi connectivity index (χ2n) is 8.90. The maximum absolute atomic E-state index is 12.1. The molecule has 5 heteroatoms. The van der Waals surface area contributed by atoms with Crippen molar-refractivity contribution in [1.29, 1.82) is 0 Å². The van der Waals surface area contributed by atoms with E-state index in [1.807, 2.05) is 24.3 Å². The number of para-hydroxylation sites is 2. The molecule has 0 spiro atoms. The van der Waals surface area contributed by atoms with Crippen LogP contribution in [0.4, 0.5) is 0 Å². The van der Waals surface area contributed by atoms with E-state index in [0.717, 1.165) is 49.9 Å². The van der Waals surface area contributed by atoms with Crippen LogP contribution >= 0.6 is 11.6 Å². The summed E-state index contributed by atoms with van der Waals surface area (Å²) in [6.45, 7) is 4.04. The van der Waals surface area contributed by atoms with Gasteiger partial charge in [0.25, 0.3) is 0 Å². The van der Waals surface area contributed by atoms with E-state index in [9.17, 15) is 4.79 Å². The maximum atomic E-state index is 12.1. The molecule has 2 aromatic carbocycles. The summed E-state index contributed by atoms with van der Waals surface area (Å²) in [5.74, 6) is 1.27. The Morgan fingerprint density at radius 2 is 1.64 bits per heavy atom. The van der Waals surface area contributed by atoms with Crippen LogP contribution in [-0.4, -0.2) is 22.0 Å². The Morgan fingerprint density at radius 1 is 0.909 bits per heavy atom. The Bertz CT molecular complexity index is 980. The molecule has 178 valence electrons. The monoisotopic (exact) mass is 467 g/mol. The lowest BCUT2D eigenvalue weighted by molar-refractivity contribution is -0.120. The predicted octanol–water partition coefficient (Wildman–Crippen LogP) is 7.12. The van der Waals surface area contributed by atoms with Crippen molar-refractivity contribution in [3.05, 3.63) is 64.9 Å². The van der Waals surface area contributed by atoms with Crippen LogP contribution < -0.4 is 5.32 Å². The van der Waals surface area contributed by atoms with Crippen LogP contribution in [0.1, 0.15) is 76.1 Å². The van der Waals surface area contributed by atoms with Crippen LogP contribution in [0, 0.1) is 0 Å². The molecule has 33 heavy (non-hydrogen) atoms. The fraction of sp³-hybridized carbons (Fsp3) is 0.500. The van der Waals surface area contributed by atoms with Gasteiger partial charge in [0.05, 0.1) is 17.5 Å². The number of nitrogens with zero attached hydrogens (tertiary/aromatic N) is 2. The van der Waals surface area contributed by atoms with Gasteiger partial charge in [-0.25, -0.2) is 4.98 Å². The number of nitrogens with one attached hydrogen (secondary N) is 1. The molecule has 0 atom stereocenters. The number of fused-ring (bicyclic) bond motifs is 1. The van der Waals surface area contributed by atoms with Crippen molar-refractivity contribution in [3.63, 3.8) is 0 Å². The maximum Gasteiger partial charge on any atom is 0.224 e. The third-order valence-electron chi connectivity index (χ3n) is 6.15. The molecule has 1 aromatic heterocycles. The highest BCUT2D eigenvalue weighted by Gasteiger charge is 2.10. The number of carbonyl (C=O) groups excluding carboxylic acids is 1. The van der Waals surface area contributed by atoms with Gasteiger partial charge in [-0.15, -0.1) is 0 Å². The largest absolute Gasteiger partial charge is 0.356 e. The topological polar surface area (TPSA) is 46.9 Å². The molecule has 0 unspecified atom stereocenters. The number of benzene rings is 2. The quantitative estimate of drug-likeness (QED) is 0.242. The number of unbranched alkanes of at least 4 members (excludes halogenated alkanes) is 7. The summed E-state index contributed by atoms with van der Waals surface area (Å²) in [5.41, 5.74) is 3.35. The van der Waals surface area contributed by atoms with E-state index >= 15 is 0 Å². The minimum absolute atomic E-state index is 0.0676. The number of hydrogen-bond donors (Lipinski definition) is 1. The molecule has 0 bridgehead atoms. The molecule has 0 radical (unpaired) electrons. The van der Waals surface area contributed by atoms with Crippen LogP contribution in [-0.2, 0) is 24.2 Å². The van der Waals surface area contributed by atoms with Crippen LogP contribution in [0.15, 0.2) is 48.5 Å². The number of aryl methyl sites for hydroxylation is 2. The van der Waals surface area contributed by atoms with E-state index in [0.29, 0.717) is 11.4 Å². The zero-order valence-corrected chi connectivity index (χ0v) is 20.7. The summed E-state index contributed by atoms with van der Waals surface area (Å²) in [6.07, 6.45) is 12.4. The van der Waals surface area contributed by atoms with Crippen molar-refractivity contribution in [2.24, 2.45) is 0 Å². The second-order valence-corrected chi connectivity index (χ2v) is 9.34. The Labute approximate surface area is 203 Å². The molecule has 3 rings (SSSR count). The standard InChI is InChI=1S/C28H38ClN3O/c1-2-3-4-5-6-12-21-32-26-14-10-9-13-25(26)31-27(32)15-8-7-11-20-30-28(33)22-23-16-18-24(29)19-17-23/h9-10,13-14,16-19H,2-8,11-12,15,20-22H2,1H3,(H,30,33). The molecule has 1 amide bonds. The number of halogens is 1. The van der Waals surface area contributed by atoms with Crippen molar-refractivity contribution in [1.82, 2.24) is 14.9 Å². The molecule has 0 aliphatic carbocycles. The Hall–Kier alpha value is -2.33. The Balaban J connectivity index is 1.39. The SMILES string of the molecule is CCCCCCCCn1c(CCCCCNC(=O)Cc2ccc(Cl)cc2)nc2ccccc21. The van der Waals surface area contributed by atoms with Crippen LogP contribution in [0.2, 0.25) is 5.02 Å². The van der Waals surface area contributed by atoms with Crippen molar-refractivity contribution < 1.29 is 4.79 Å². The number of imidazole rings is 1. The van der Waals surface area contributed by atoms with E-state index in [4.69, 9.17) is 16.6 Å². The molecule has 3 aromatic rings. The second kappa shape index (κ2) is 14.0. The first kappa shape index (κ1) is 25.3. The summed E-state index contributed by atoms with van der Waals surface area (Å²) in [7, 11) is 0. The smallest absolute Gasteiger partial charge is 0.224 e. The summed E-state index contributed by atoms with van der Waals surface area (Å²) >= 11 is 5.90. The van der Waals surface area contributed by atoms with Crippen molar-refractivity contribution in [2.75, 3.05) is 6.54 Å². The summed E-state index contributed by atoms with van der Waals surface area (Å²) in [5, 5.41) is 3.73. The van der Waals surface area contributed by atoms with Crippen molar-refractivity contribution >= 4 is 28.5 Å². The van der Waals surface area contributed by atoms with Gasteiger partial charge in [0.2, 0.25) is 5.91 Å².